The molecule has 2 N–H and O–H groups in total. The van der Waals surface area contributed by atoms with Gasteiger partial charge in [0.2, 0.25) is 15.9 Å². The molecule has 0 spiro atoms. The zero-order valence-corrected chi connectivity index (χ0v) is 16.3. The summed E-state index contributed by atoms with van der Waals surface area (Å²) in [5.74, 6) is -0.409. The number of rotatable bonds is 7. The zero-order valence-electron chi connectivity index (χ0n) is 15.5. The lowest BCUT2D eigenvalue weighted by Crippen LogP contribution is -2.39. The number of benzene rings is 3. The van der Waals surface area contributed by atoms with Crippen LogP contribution < -0.4 is 10.0 Å². The first-order valence-corrected chi connectivity index (χ1v) is 10.4. The van der Waals surface area contributed by atoms with E-state index in [-0.39, 0.29) is 17.5 Å². The molecule has 0 aliphatic rings. The lowest BCUT2D eigenvalue weighted by molar-refractivity contribution is -0.120. The molecular weight excluding hydrogens is 372 g/mol. The molecule has 0 aliphatic heterocycles. The number of aryl methyl sites for hydroxylation is 1. The van der Waals surface area contributed by atoms with E-state index in [9.17, 15) is 13.2 Å². The first-order chi connectivity index (χ1) is 13.5. The summed E-state index contributed by atoms with van der Waals surface area (Å²) in [7, 11) is -3.75. The van der Waals surface area contributed by atoms with Crippen molar-refractivity contribution in [2.24, 2.45) is 0 Å². The van der Waals surface area contributed by atoms with Crippen molar-refractivity contribution in [2.45, 2.75) is 17.9 Å². The van der Waals surface area contributed by atoms with Crippen molar-refractivity contribution < 1.29 is 13.2 Å². The molecule has 3 rings (SSSR count). The SMILES string of the molecule is Cc1ccc(S(=O)(=O)NCC(=O)NC(c2ccccc2)c2ccccc2)cc1. The summed E-state index contributed by atoms with van der Waals surface area (Å²) < 4.78 is 27.1. The third kappa shape index (κ3) is 5.06. The van der Waals surface area contributed by atoms with E-state index in [4.69, 9.17) is 0 Å². The van der Waals surface area contributed by atoms with Crippen LogP contribution >= 0.6 is 0 Å². The van der Waals surface area contributed by atoms with E-state index in [1.54, 1.807) is 12.1 Å². The van der Waals surface area contributed by atoms with Gasteiger partial charge in [0.25, 0.3) is 0 Å². The Morgan fingerprint density at radius 3 is 1.82 bits per heavy atom. The van der Waals surface area contributed by atoms with Crippen LogP contribution in [0.1, 0.15) is 22.7 Å². The topological polar surface area (TPSA) is 75.3 Å². The number of carbonyl (C=O) groups excluding carboxylic acids is 1. The highest BCUT2D eigenvalue weighted by molar-refractivity contribution is 7.89. The Hall–Kier alpha value is -2.96. The van der Waals surface area contributed by atoms with E-state index in [0.717, 1.165) is 16.7 Å². The van der Waals surface area contributed by atoms with Gasteiger partial charge in [-0.3, -0.25) is 4.79 Å². The maximum Gasteiger partial charge on any atom is 0.241 e. The Morgan fingerprint density at radius 1 is 0.821 bits per heavy atom. The second-order valence-electron chi connectivity index (χ2n) is 6.46. The number of hydrogen-bond acceptors (Lipinski definition) is 3. The van der Waals surface area contributed by atoms with Crippen molar-refractivity contribution in [3.8, 4) is 0 Å². The van der Waals surface area contributed by atoms with E-state index < -0.39 is 15.9 Å². The Labute approximate surface area is 165 Å². The highest BCUT2D eigenvalue weighted by Gasteiger charge is 2.19. The molecule has 3 aromatic rings. The fourth-order valence-electron chi connectivity index (χ4n) is 2.82. The quantitative estimate of drug-likeness (QED) is 0.646. The van der Waals surface area contributed by atoms with E-state index >= 15 is 0 Å². The molecule has 0 unspecified atom stereocenters. The van der Waals surface area contributed by atoms with Gasteiger partial charge in [0.15, 0.2) is 0 Å². The maximum absolute atomic E-state index is 12.5. The predicted octanol–water partition coefficient (Wildman–Crippen LogP) is 3.18. The second-order valence-corrected chi connectivity index (χ2v) is 8.23. The summed E-state index contributed by atoms with van der Waals surface area (Å²) in [6, 6.07) is 25.2. The molecule has 28 heavy (non-hydrogen) atoms. The maximum atomic E-state index is 12.5. The molecule has 0 bridgehead atoms. The van der Waals surface area contributed by atoms with E-state index in [2.05, 4.69) is 10.0 Å². The smallest absolute Gasteiger partial charge is 0.241 e. The van der Waals surface area contributed by atoms with Crippen LogP contribution in [0.2, 0.25) is 0 Å². The summed E-state index contributed by atoms with van der Waals surface area (Å²) in [5, 5.41) is 2.92. The Balaban J connectivity index is 1.71. The van der Waals surface area contributed by atoms with Crippen LogP contribution in [0.25, 0.3) is 0 Å². The Morgan fingerprint density at radius 2 is 1.32 bits per heavy atom. The number of carbonyl (C=O) groups is 1. The number of hydrogen-bond donors (Lipinski definition) is 2. The normalized spacial score (nSPS) is 11.4. The highest BCUT2D eigenvalue weighted by Crippen LogP contribution is 2.21. The molecule has 1 amide bonds. The standard InChI is InChI=1S/C22H22N2O3S/c1-17-12-14-20(15-13-17)28(26,27)23-16-21(25)24-22(18-8-4-2-5-9-18)19-10-6-3-7-11-19/h2-15,22-23H,16H2,1H3,(H,24,25). The molecule has 0 saturated heterocycles. The average molecular weight is 394 g/mol. The van der Waals surface area contributed by atoms with Crippen molar-refractivity contribution in [1.29, 1.82) is 0 Å². The van der Waals surface area contributed by atoms with Gasteiger partial charge in [-0.2, -0.15) is 0 Å². The summed E-state index contributed by atoms with van der Waals surface area (Å²) >= 11 is 0. The van der Waals surface area contributed by atoms with Crippen LogP contribution in [0.4, 0.5) is 0 Å². The summed E-state index contributed by atoms with van der Waals surface area (Å²) in [6.07, 6.45) is 0. The van der Waals surface area contributed by atoms with Crippen molar-refractivity contribution in [1.82, 2.24) is 10.0 Å². The minimum Gasteiger partial charge on any atom is -0.344 e. The Bertz CT molecular complexity index is 979. The molecule has 0 atom stereocenters. The lowest BCUT2D eigenvalue weighted by atomic mass is 9.99. The average Bonchev–Trinajstić information content (AvgIpc) is 2.72. The summed E-state index contributed by atoms with van der Waals surface area (Å²) in [4.78, 5) is 12.6. The minimum atomic E-state index is -3.75. The second kappa shape index (κ2) is 8.82. The van der Waals surface area contributed by atoms with Crippen molar-refractivity contribution in [3.63, 3.8) is 0 Å². The molecule has 0 heterocycles. The van der Waals surface area contributed by atoms with Crippen LogP contribution in [0, 0.1) is 6.92 Å². The fraction of sp³-hybridized carbons (Fsp3) is 0.136. The monoisotopic (exact) mass is 394 g/mol. The molecule has 0 aromatic heterocycles. The summed E-state index contributed by atoms with van der Waals surface area (Å²) in [6.45, 7) is 1.54. The molecule has 0 aliphatic carbocycles. The number of nitrogens with one attached hydrogen (secondary N) is 2. The third-order valence-electron chi connectivity index (χ3n) is 4.33. The number of amides is 1. The molecule has 3 aromatic carbocycles. The first-order valence-electron chi connectivity index (χ1n) is 8.91. The molecular formula is C22H22N2O3S. The molecule has 0 fully saturated rings. The van der Waals surface area contributed by atoms with Gasteiger partial charge in [0, 0.05) is 0 Å². The predicted molar refractivity (Wildman–Crippen MR) is 109 cm³/mol. The summed E-state index contributed by atoms with van der Waals surface area (Å²) in [5.41, 5.74) is 2.80. The molecule has 144 valence electrons. The molecule has 0 saturated carbocycles. The van der Waals surface area contributed by atoms with E-state index in [1.807, 2.05) is 67.6 Å². The Kier molecular flexibility index (Phi) is 6.23. The highest BCUT2D eigenvalue weighted by atomic mass is 32.2. The van der Waals surface area contributed by atoms with Crippen molar-refractivity contribution in [2.75, 3.05) is 6.54 Å². The van der Waals surface area contributed by atoms with Crippen LogP contribution in [0.5, 0.6) is 0 Å². The minimum absolute atomic E-state index is 0.133. The van der Waals surface area contributed by atoms with E-state index in [1.165, 1.54) is 12.1 Å². The van der Waals surface area contributed by atoms with Gasteiger partial charge in [-0.1, -0.05) is 78.4 Å². The first kappa shape index (κ1) is 19.8. The van der Waals surface area contributed by atoms with Gasteiger partial charge in [0.1, 0.15) is 0 Å². The molecule has 5 nitrogen and oxygen atoms in total. The van der Waals surface area contributed by atoms with Gasteiger partial charge in [0.05, 0.1) is 17.5 Å². The lowest BCUT2D eigenvalue weighted by Gasteiger charge is -2.20. The van der Waals surface area contributed by atoms with Gasteiger partial charge in [-0.15, -0.1) is 0 Å². The van der Waals surface area contributed by atoms with Gasteiger partial charge in [-0.25, -0.2) is 13.1 Å². The van der Waals surface area contributed by atoms with E-state index in [0.29, 0.717) is 0 Å². The van der Waals surface area contributed by atoms with Crippen LogP contribution in [-0.4, -0.2) is 20.9 Å². The largest absolute Gasteiger partial charge is 0.344 e. The molecule has 6 heteroatoms. The van der Waals surface area contributed by atoms with Crippen LogP contribution in [-0.2, 0) is 14.8 Å². The van der Waals surface area contributed by atoms with Crippen molar-refractivity contribution in [3.05, 3.63) is 102 Å². The number of sulfonamides is 1. The van der Waals surface area contributed by atoms with Crippen LogP contribution in [0.3, 0.4) is 0 Å². The van der Waals surface area contributed by atoms with Gasteiger partial charge >= 0.3 is 0 Å². The molecule has 0 radical (unpaired) electrons. The fourth-order valence-corrected chi connectivity index (χ4v) is 3.81. The van der Waals surface area contributed by atoms with Crippen molar-refractivity contribution >= 4 is 15.9 Å². The van der Waals surface area contributed by atoms with Gasteiger partial charge < -0.3 is 5.32 Å². The zero-order chi connectivity index (χ0) is 20.0. The van der Waals surface area contributed by atoms with Gasteiger partial charge in [-0.05, 0) is 30.2 Å². The third-order valence-corrected chi connectivity index (χ3v) is 5.74. The van der Waals surface area contributed by atoms with Crippen LogP contribution in [0.15, 0.2) is 89.8 Å².